The number of halogens is 1. The molecule has 0 saturated heterocycles. The number of carbonyl (C=O) groups excluding carboxylic acids is 2. The van der Waals surface area contributed by atoms with Gasteiger partial charge < -0.3 is 16.4 Å². The molecule has 0 bridgehead atoms. The van der Waals surface area contributed by atoms with Crippen molar-refractivity contribution in [1.82, 2.24) is 10.6 Å². The molecule has 2 amide bonds. The number of carbonyl (C=O) groups is 2. The third kappa shape index (κ3) is 9.21. The number of hydrogen-bond donors (Lipinski definition) is 3. The Morgan fingerprint density at radius 2 is 1.83 bits per heavy atom. The average Bonchev–Trinajstić information content (AvgIpc) is 2.51. The Morgan fingerprint density at radius 1 is 1.17 bits per heavy atom. The van der Waals surface area contributed by atoms with Gasteiger partial charge in [-0.25, -0.2) is 0 Å². The van der Waals surface area contributed by atoms with E-state index in [1.54, 1.807) is 12.1 Å². The molecule has 0 saturated carbocycles. The zero-order valence-electron chi connectivity index (χ0n) is 13.9. The van der Waals surface area contributed by atoms with E-state index in [1.807, 2.05) is 18.2 Å². The number of nitrogens with one attached hydrogen (secondary N) is 2. The third-order valence-corrected chi connectivity index (χ3v) is 3.31. The molecule has 1 atom stereocenters. The van der Waals surface area contributed by atoms with E-state index in [2.05, 4.69) is 24.5 Å². The Morgan fingerprint density at radius 3 is 2.39 bits per heavy atom. The highest BCUT2D eigenvalue weighted by Gasteiger charge is 2.12. The van der Waals surface area contributed by atoms with Crippen LogP contribution in [0, 0.1) is 5.92 Å². The van der Waals surface area contributed by atoms with Gasteiger partial charge in [-0.3, -0.25) is 9.59 Å². The van der Waals surface area contributed by atoms with Crippen molar-refractivity contribution in [2.75, 3.05) is 13.1 Å². The van der Waals surface area contributed by atoms with Crippen molar-refractivity contribution in [3.8, 4) is 0 Å². The quantitative estimate of drug-likeness (QED) is 0.601. The van der Waals surface area contributed by atoms with Crippen molar-refractivity contribution in [2.45, 2.75) is 39.2 Å². The summed E-state index contributed by atoms with van der Waals surface area (Å²) in [5.41, 5.74) is 6.29. The summed E-state index contributed by atoms with van der Waals surface area (Å²) in [6.45, 7) is 5.15. The van der Waals surface area contributed by atoms with Crippen LogP contribution in [0.15, 0.2) is 30.3 Å². The Balaban J connectivity index is 0.00000484. The van der Waals surface area contributed by atoms with E-state index in [0.717, 1.165) is 6.42 Å². The van der Waals surface area contributed by atoms with E-state index in [1.165, 1.54) is 0 Å². The molecule has 23 heavy (non-hydrogen) atoms. The van der Waals surface area contributed by atoms with Crippen molar-refractivity contribution in [1.29, 1.82) is 0 Å². The molecule has 0 aliphatic heterocycles. The van der Waals surface area contributed by atoms with Crippen LogP contribution in [0.5, 0.6) is 0 Å². The third-order valence-electron chi connectivity index (χ3n) is 3.31. The second-order valence-corrected chi connectivity index (χ2v) is 5.86. The highest BCUT2D eigenvalue weighted by Crippen LogP contribution is 2.04. The first kappa shape index (κ1) is 21.4. The first-order chi connectivity index (χ1) is 10.5. The molecule has 1 aromatic carbocycles. The molecule has 6 heteroatoms. The molecule has 0 fully saturated rings. The van der Waals surface area contributed by atoms with Gasteiger partial charge in [0, 0.05) is 31.1 Å². The topological polar surface area (TPSA) is 84.2 Å². The van der Waals surface area contributed by atoms with Gasteiger partial charge in [-0.1, -0.05) is 32.0 Å². The largest absolute Gasteiger partial charge is 0.352 e. The molecule has 1 unspecified atom stereocenters. The summed E-state index contributed by atoms with van der Waals surface area (Å²) in [5, 5.41) is 5.75. The molecular weight excluding hydrogens is 314 g/mol. The van der Waals surface area contributed by atoms with Gasteiger partial charge in [0.25, 0.3) is 5.91 Å². The molecule has 0 spiro atoms. The van der Waals surface area contributed by atoms with E-state index in [4.69, 9.17) is 5.73 Å². The average molecular weight is 342 g/mol. The molecule has 0 aliphatic carbocycles. The Bertz CT molecular complexity index is 466. The van der Waals surface area contributed by atoms with Crippen molar-refractivity contribution < 1.29 is 9.59 Å². The molecule has 0 radical (unpaired) electrons. The lowest BCUT2D eigenvalue weighted by Crippen LogP contribution is -2.41. The number of hydrogen-bond acceptors (Lipinski definition) is 3. The number of amides is 2. The molecule has 1 rings (SSSR count). The first-order valence-corrected chi connectivity index (χ1v) is 7.85. The minimum atomic E-state index is -0.111. The van der Waals surface area contributed by atoms with E-state index in [9.17, 15) is 9.59 Å². The van der Waals surface area contributed by atoms with Crippen molar-refractivity contribution in [2.24, 2.45) is 11.7 Å². The minimum Gasteiger partial charge on any atom is -0.352 e. The maximum atomic E-state index is 11.8. The van der Waals surface area contributed by atoms with Gasteiger partial charge in [0.15, 0.2) is 0 Å². The van der Waals surface area contributed by atoms with Gasteiger partial charge in [0.2, 0.25) is 5.91 Å². The van der Waals surface area contributed by atoms with E-state index in [-0.39, 0.29) is 30.3 Å². The Kier molecular flexibility index (Phi) is 11.1. The summed E-state index contributed by atoms with van der Waals surface area (Å²) in [4.78, 5) is 23.6. The molecule has 130 valence electrons. The van der Waals surface area contributed by atoms with Gasteiger partial charge in [0.05, 0.1) is 0 Å². The van der Waals surface area contributed by atoms with Crippen LogP contribution in [0.25, 0.3) is 0 Å². The van der Waals surface area contributed by atoms with E-state index >= 15 is 0 Å². The van der Waals surface area contributed by atoms with Gasteiger partial charge in [-0.05, 0) is 30.9 Å². The van der Waals surface area contributed by atoms with Crippen LogP contribution in [-0.2, 0) is 4.79 Å². The van der Waals surface area contributed by atoms with Crippen molar-refractivity contribution >= 4 is 24.2 Å². The van der Waals surface area contributed by atoms with E-state index < -0.39 is 0 Å². The first-order valence-electron chi connectivity index (χ1n) is 7.85. The Labute approximate surface area is 144 Å². The lowest BCUT2D eigenvalue weighted by atomic mass is 10.0. The summed E-state index contributed by atoms with van der Waals surface area (Å²) in [7, 11) is 0. The van der Waals surface area contributed by atoms with Crippen LogP contribution in [0.1, 0.15) is 43.5 Å². The summed E-state index contributed by atoms with van der Waals surface area (Å²) >= 11 is 0. The standard InChI is InChI=1S/C17H27N3O2.ClH/c1-13(2)11-15(12-18)20-16(21)9-6-10-19-17(22)14-7-4-3-5-8-14;/h3-5,7-8,13,15H,6,9-12,18H2,1-2H3,(H,19,22)(H,20,21);1H. The summed E-state index contributed by atoms with van der Waals surface area (Å²) < 4.78 is 0. The van der Waals surface area contributed by atoms with Crippen molar-refractivity contribution in [3.05, 3.63) is 35.9 Å². The van der Waals surface area contributed by atoms with Crippen LogP contribution < -0.4 is 16.4 Å². The molecule has 0 aliphatic rings. The lowest BCUT2D eigenvalue weighted by molar-refractivity contribution is -0.121. The molecule has 1 aromatic rings. The fraction of sp³-hybridized carbons (Fsp3) is 0.529. The molecule has 5 nitrogen and oxygen atoms in total. The minimum absolute atomic E-state index is 0. The normalized spacial score (nSPS) is 11.5. The molecular formula is C17H28ClN3O2. The van der Waals surface area contributed by atoms with Crippen LogP contribution >= 0.6 is 12.4 Å². The van der Waals surface area contributed by atoms with E-state index in [0.29, 0.717) is 37.4 Å². The number of rotatable bonds is 9. The highest BCUT2D eigenvalue weighted by molar-refractivity contribution is 5.94. The summed E-state index contributed by atoms with van der Waals surface area (Å²) in [6.07, 6.45) is 1.89. The predicted octanol–water partition coefficient (Wildman–Crippen LogP) is 2.11. The smallest absolute Gasteiger partial charge is 0.251 e. The van der Waals surface area contributed by atoms with Crippen LogP contribution in [0.2, 0.25) is 0 Å². The SMILES string of the molecule is CC(C)CC(CN)NC(=O)CCCNC(=O)c1ccccc1.Cl. The Hall–Kier alpha value is -1.59. The zero-order chi connectivity index (χ0) is 16.4. The summed E-state index contributed by atoms with van der Waals surface area (Å²) in [6, 6.07) is 9.08. The van der Waals surface area contributed by atoms with Gasteiger partial charge in [0.1, 0.15) is 0 Å². The maximum Gasteiger partial charge on any atom is 0.251 e. The fourth-order valence-corrected chi connectivity index (χ4v) is 2.23. The van der Waals surface area contributed by atoms with Gasteiger partial charge >= 0.3 is 0 Å². The maximum absolute atomic E-state index is 11.8. The zero-order valence-corrected chi connectivity index (χ0v) is 14.7. The second-order valence-electron chi connectivity index (χ2n) is 5.86. The van der Waals surface area contributed by atoms with Crippen LogP contribution in [0.3, 0.4) is 0 Å². The number of nitrogens with two attached hydrogens (primary N) is 1. The lowest BCUT2D eigenvalue weighted by Gasteiger charge is -2.18. The number of benzene rings is 1. The monoisotopic (exact) mass is 341 g/mol. The second kappa shape index (κ2) is 11.9. The predicted molar refractivity (Wildman–Crippen MR) is 95.7 cm³/mol. The molecule has 0 aromatic heterocycles. The van der Waals surface area contributed by atoms with Crippen LogP contribution in [0.4, 0.5) is 0 Å². The molecule has 4 N–H and O–H groups in total. The van der Waals surface area contributed by atoms with Gasteiger partial charge in [-0.2, -0.15) is 0 Å². The fourth-order valence-electron chi connectivity index (χ4n) is 2.23. The summed E-state index contributed by atoms with van der Waals surface area (Å²) in [5.74, 6) is 0.379. The highest BCUT2D eigenvalue weighted by atomic mass is 35.5. The van der Waals surface area contributed by atoms with Crippen molar-refractivity contribution in [3.63, 3.8) is 0 Å². The van der Waals surface area contributed by atoms with Crippen LogP contribution in [-0.4, -0.2) is 30.9 Å². The molecule has 0 heterocycles. The van der Waals surface area contributed by atoms with Gasteiger partial charge in [-0.15, -0.1) is 12.4 Å².